The summed E-state index contributed by atoms with van der Waals surface area (Å²) in [5.41, 5.74) is 0. The molecule has 5 nitrogen and oxygen atoms in total. The fourth-order valence-electron chi connectivity index (χ4n) is 0. The molecule has 0 aromatic carbocycles. The molecule has 51 valence electrons. The molecular formula is H4AsAuNO4-2. The number of rotatable bonds is 0. The van der Waals surface area contributed by atoms with Crippen LogP contribution in [0.2, 0.25) is 0 Å². The smallest absolute Gasteiger partial charge is 0 e. The quantitative estimate of drug-likeness (QED) is 0.450. The molecule has 0 aromatic rings. The molecule has 1 radical (unpaired) electrons. The summed E-state index contributed by atoms with van der Waals surface area (Å²) >= 11 is -5.88. The van der Waals surface area contributed by atoms with E-state index in [-0.39, 0.29) is 28.5 Å². The molecule has 0 spiro atoms. The Morgan fingerprint density at radius 3 is 1.14 bits per heavy atom. The molecule has 4 N–H and O–H groups in total. The van der Waals surface area contributed by atoms with Crippen molar-refractivity contribution in [3.05, 3.63) is 0 Å². The van der Waals surface area contributed by atoms with Gasteiger partial charge in [-0.15, -0.1) is 0 Å². The molecule has 7 heavy (non-hydrogen) atoms. The molecule has 0 fully saturated rings. The molecule has 0 saturated carbocycles. The summed E-state index contributed by atoms with van der Waals surface area (Å²) < 4.78 is 34.4. The van der Waals surface area contributed by atoms with Gasteiger partial charge in [0.1, 0.15) is 0 Å². The zero-order chi connectivity index (χ0) is 4.50. The average molecular weight is 354 g/mol. The molecule has 0 aliphatic heterocycles. The van der Waals surface area contributed by atoms with E-state index >= 15 is 0 Å². The Labute approximate surface area is 59.2 Å². The van der Waals surface area contributed by atoms with Gasteiger partial charge < -0.3 is 6.15 Å². The third-order valence-corrected chi connectivity index (χ3v) is 0. The van der Waals surface area contributed by atoms with E-state index in [2.05, 4.69) is 0 Å². The molecule has 0 aromatic heterocycles. The van der Waals surface area contributed by atoms with Crippen LogP contribution in [-0.2, 0) is 26.1 Å². The molecule has 0 heterocycles. The summed E-state index contributed by atoms with van der Waals surface area (Å²) in [5, 5.41) is 0. The fraction of sp³-hybridized carbons (Fsp3) is 0. The number of quaternary nitrogens is 1. The van der Waals surface area contributed by atoms with Gasteiger partial charge in [-0.1, -0.05) is 0 Å². The van der Waals surface area contributed by atoms with Gasteiger partial charge in [-0.2, -0.15) is 0 Å². The van der Waals surface area contributed by atoms with E-state index < -0.39 is 14.5 Å². The monoisotopic (exact) mass is 354 g/mol. The predicted octanol–water partition coefficient (Wildman–Crippen LogP) is -3.69. The Balaban J connectivity index is -0.0000000800. The Bertz CT molecular complexity index is 57.8. The topological polar surface area (TPSA) is 123 Å². The molecule has 0 aliphatic rings. The summed E-state index contributed by atoms with van der Waals surface area (Å²) in [7, 11) is 0. The van der Waals surface area contributed by atoms with Gasteiger partial charge in [0.15, 0.2) is 0 Å². The molecular weight excluding hydrogens is 350 g/mol. The van der Waals surface area contributed by atoms with Crippen LogP contribution in [0.15, 0.2) is 0 Å². The van der Waals surface area contributed by atoms with Gasteiger partial charge in [0.2, 0.25) is 0 Å². The minimum absolute atomic E-state index is 0. The third-order valence-electron chi connectivity index (χ3n) is 0. The van der Waals surface area contributed by atoms with Gasteiger partial charge in [0.05, 0.1) is 0 Å². The van der Waals surface area contributed by atoms with Crippen molar-refractivity contribution >= 4 is 14.5 Å². The summed E-state index contributed by atoms with van der Waals surface area (Å²) in [4.78, 5) is 0. The van der Waals surface area contributed by atoms with Gasteiger partial charge >= 0.3 is 30.5 Å². The van der Waals surface area contributed by atoms with E-state index in [0.29, 0.717) is 0 Å². The maximum atomic E-state index is 8.61. The van der Waals surface area contributed by atoms with Crippen LogP contribution in [0.5, 0.6) is 0 Å². The van der Waals surface area contributed by atoms with Gasteiger partial charge in [-0.25, -0.2) is 0 Å². The van der Waals surface area contributed by atoms with Crippen LogP contribution in [0.1, 0.15) is 0 Å². The van der Waals surface area contributed by atoms with Crippen molar-refractivity contribution in [1.82, 2.24) is 6.15 Å². The van der Waals surface area contributed by atoms with Crippen molar-refractivity contribution in [1.29, 1.82) is 0 Å². The Morgan fingerprint density at radius 2 is 1.14 bits per heavy atom. The molecule has 0 aliphatic carbocycles. The van der Waals surface area contributed by atoms with E-state index in [1.54, 1.807) is 0 Å². The first-order valence-corrected chi connectivity index (χ1v) is 3.79. The fourth-order valence-corrected chi connectivity index (χ4v) is 0. The summed E-state index contributed by atoms with van der Waals surface area (Å²) in [6, 6.07) is 0. The maximum absolute atomic E-state index is 8.61. The molecule has 0 saturated heterocycles. The number of hydrogen-bond acceptors (Lipinski definition) is 4. The van der Waals surface area contributed by atoms with Gasteiger partial charge in [0, 0.05) is 22.4 Å². The van der Waals surface area contributed by atoms with Gasteiger partial charge in [-0.05, 0) is 0 Å². The summed E-state index contributed by atoms with van der Waals surface area (Å²) in [5.74, 6) is 0. The van der Waals surface area contributed by atoms with Crippen LogP contribution in [0.25, 0.3) is 0 Å². The molecule has 0 amide bonds. The normalized spacial score (nSPS) is 8.43. The summed E-state index contributed by atoms with van der Waals surface area (Å²) in [6.07, 6.45) is 0. The Kier molecular flexibility index (Phi) is 11.4. The Morgan fingerprint density at radius 1 is 1.14 bits per heavy atom. The largest absolute Gasteiger partial charge is 0.369 e. The molecule has 0 atom stereocenters. The molecule has 0 rings (SSSR count). The minimum atomic E-state index is -5.88. The van der Waals surface area contributed by atoms with Crippen LogP contribution in [0.4, 0.5) is 0 Å². The second kappa shape index (κ2) is 5.08. The molecule has 7 heteroatoms. The van der Waals surface area contributed by atoms with E-state index in [4.69, 9.17) is 16.0 Å². The number of hydrogen-bond donors (Lipinski definition) is 1. The third kappa shape index (κ3) is 192. The van der Waals surface area contributed by atoms with Crippen molar-refractivity contribution in [3.8, 4) is 0 Å². The van der Waals surface area contributed by atoms with Gasteiger partial charge in [-0.3, -0.25) is 0 Å². The van der Waals surface area contributed by atoms with Gasteiger partial charge in [0.25, 0.3) is 0 Å². The first-order chi connectivity index (χ1) is 2.00. The minimum Gasteiger partial charge on any atom is -0.369 e. The second-order valence-electron chi connectivity index (χ2n) is 0.447. The predicted molar refractivity (Wildman–Crippen MR) is 12.4 cm³/mol. The van der Waals surface area contributed by atoms with Crippen molar-refractivity contribution in [2.24, 2.45) is 0 Å². The summed E-state index contributed by atoms with van der Waals surface area (Å²) in [6.45, 7) is 0. The van der Waals surface area contributed by atoms with Crippen molar-refractivity contribution < 1.29 is 38.4 Å². The van der Waals surface area contributed by atoms with E-state index in [9.17, 15) is 0 Å². The SMILES string of the molecule is O=[As]([O-])([O-])[O-].[Au].[NH4+]. The molecule has 0 unspecified atom stereocenters. The molecule has 0 bridgehead atoms. The van der Waals surface area contributed by atoms with Crippen LogP contribution in [-0.4, -0.2) is 14.5 Å². The van der Waals surface area contributed by atoms with Crippen molar-refractivity contribution in [2.45, 2.75) is 0 Å². The first kappa shape index (κ1) is 15.7. The zero-order valence-corrected chi connectivity index (χ0v) is 7.42. The van der Waals surface area contributed by atoms with E-state index in [1.807, 2.05) is 0 Å². The maximum Gasteiger partial charge on any atom is 0 e. The van der Waals surface area contributed by atoms with Crippen LogP contribution in [0, 0.1) is 0 Å². The standard InChI is InChI=1S/AsH3O4.Au.H3N/c2-1(3,4)5;;/h(H3,2,3,4,5);;1H3/p-2. The van der Waals surface area contributed by atoms with Crippen LogP contribution < -0.4 is 18.4 Å². The van der Waals surface area contributed by atoms with Crippen LogP contribution >= 0.6 is 0 Å². The van der Waals surface area contributed by atoms with Crippen molar-refractivity contribution in [2.75, 3.05) is 0 Å². The van der Waals surface area contributed by atoms with E-state index in [0.717, 1.165) is 0 Å². The van der Waals surface area contributed by atoms with E-state index in [1.165, 1.54) is 0 Å². The first-order valence-electron chi connectivity index (χ1n) is 0.730. The second-order valence-corrected chi connectivity index (χ2v) is 2.32. The average Bonchev–Trinajstić information content (AvgIpc) is 0.722. The van der Waals surface area contributed by atoms with Crippen LogP contribution in [0.3, 0.4) is 0 Å². The zero-order valence-electron chi connectivity index (χ0n) is 3.38. The van der Waals surface area contributed by atoms with Crippen molar-refractivity contribution in [3.63, 3.8) is 0 Å². The Hall–Kier alpha value is 0.939.